The highest BCUT2D eigenvalue weighted by Crippen LogP contribution is 2.26. The van der Waals surface area contributed by atoms with E-state index in [9.17, 15) is 9.59 Å². The zero-order valence-corrected chi connectivity index (χ0v) is 22.3. The number of ether oxygens (including phenoxy) is 1. The average molecular weight is 533 g/mol. The molecule has 10 heteroatoms. The van der Waals surface area contributed by atoms with Crippen molar-refractivity contribution in [2.45, 2.75) is 45.4 Å². The third-order valence-corrected chi connectivity index (χ3v) is 6.60. The number of hydrogen-bond acceptors (Lipinski definition) is 8. The Morgan fingerprint density at radius 3 is 2.21 bits per heavy atom. The van der Waals surface area contributed by atoms with Gasteiger partial charge in [0.1, 0.15) is 0 Å². The molecule has 0 atom stereocenters. The molecule has 0 aliphatic carbocycles. The van der Waals surface area contributed by atoms with Crippen molar-refractivity contribution in [3.8, 4) is 11.3 Å². The largest absolute Gasteiger partial charge is 0.378 e. The lowest BCUT2D eigenvalue weighted by molar-refractivity contribution is -0.129. The Kier molecular flexibility index (Phi) is 10.2. The SMILES string of the molecule is Cc1cnc(Nc2ccc(N3CCOCC3)cc2)nc1-c1ccc(NC(=O)CCCCCCC(=O)NO)cc1. The van der Waals surface area contributed by atoms with Gasteiger partial charge in [0.05, 0.1) is 18.9 Å². The summed E-state index contributed by atoms with van der Waals surface area (Å²) in [4.78, 5) is 34.8. The average Bonchev–Trinajstić information content (AvgIpc) is 2.97. The van der Waals surface area contributed by atoms with Gasteiger partial charge >= 0.3 is 0 Å². The van der Waals surface area contributed by atoms with E-state index < -0.39 is 0 Å². The number of hydrogen-bond donors (Lipinski definition) is 4. The number of unbranched alkanes of at least 4 members (excludes halogenated alkanes) is 3. The van der Waals surface area contributed by atoms with Crippen molar-refractivity contribution in [1.29, 1.82) is 0 Å². The normalized spacial score (nSPS) is 13.1. The first-order valence-electron chi connectivity index (χ1n) is 13.4. The molecule has 0 unspecified atom stereocenters. The number of aryl methyl sites for hydroxylation is 1. The Morgan fingerprint density at radius 1 is 0.897 bits per heavy atom. The molecule has 1 aromatic heterocycles. The van der Waals surface area contributed by atoms with Gasteiger partial charge in [-0.25, -0.2) is 15.4 Å². The van der Waals surface area contributed by atoms with Crippen molar-refractivity contribution in [3.05, 3.63) is 60.3 Å². The maximum Gasteiger partial charge on any atom is 0.243 e. The van der Waals surface area contributed by atoms with Gasteiger partial charge in [0.2, 0.25) is 17.8 Å². The molecule has 1 saturated heterocycles. The molecular weight excluding hydrogens is 496 g/mol. The van der Waals surface area contributed by atoms with Crippen LogP contribution in [-0.4, -0.2) is 53.3 Å². The van der Waals surface area contributed by atoms with Gasteiger partial charge in [-0.15, -0.1) is 0 Å². The topological polar surface area (TPSA) is 129 Å². The van der Waals surface area contributed by atoms with Crippen LogP contribution in [0, 0.1) is 6.92 Å². The number of benzene rings is 2. The summed E-state index contributed by atoms with van der Waals surface area (Å²) in [5.41, 5.74) is 7.16. The third-order valence-electron chi connectivity index (χ3n) is 6.60. The van der Waals surface area contributed by atoms with Crippen molar-refractivity contribution in [1.82, 2.24) is 15.4 Å². The van der Waals surface area contributed by atoms with Crippen LogP contribution in [-0.2, 0) is 14.3 Å². The van der Waals surface area contributed by atoms with Gasteiger partial charge in [-0.2, -0.15) is 0 Å². The van der Waals surface area contributed by atoms with Crippen LogP contribution in [0.1, 0.15) is 44.1 Å². The first-order chi connectivity index (χ1) is 19.0. The van der Waals surface area contributed by atoms with Gasteiger partial charge in [-0.1, -0.05) is 25.0 Å². The second kappa shape index (κ2) is 14.2. The fraction of sp³-hybridized carbons (Fsp3) is 0.379. The fourth-order valence-electron chi connectivity index (χ4n) is 4.42. The van der Waals surface area contributed by atoms with Crippen LogP contribution in [0.5, 0.6) is 0 Å². The second-order valence-electron chi connectivity index (χ2n) is 9.57. The molecule has 0 saturated carbocycles. The number of anilines is 4. The molecule has 2 amide bonds. The predicted molar refractivity (Wildman–Crippen MR) is 151 cm³/mol. The first kappa shape index (κ1) is 28.0. The molecule has 0 spiro atoms. The predicted octanol–water partition coefficient (Wildman–Crippen LogP) is 4.82. The molecule has 2 aromatic carbocycles. The van der Waals surface area contributed by atoms with Gasteiger partial charge in [0.15, 0.2) is 0 Å². The van der Waals surface area contributed by atoms with Crippen molar-refractivity contribution in [2.24, 2.45) is 0 Å². The Labute approximate surface area is 228 Å². The number of carbonyl (C=O) groups is 2. The highest BCUT2D eigenvalue weighted by Gasteiger charge is 2.12. The maximum absolute atomic E-state index is 12.3. The summed E-state index contributed by atoms with van der Waals surface area (Å²) in [5, 5.41) is 14.7. The summed E-state index contributed by atoms with van der Waals surface area (Å²) in [7, 11) is 0. The molecule has 10 nitrogen and oxygen atoms in total. The highest BCUT2D eigenvalue weighted by atomic mass is 16.5. The molecule has 2 heterocycles. The summed E-state index contributed by atoms with van der Waals surface area (Å²) in [5.74, 6) is 0.0968. The zero-order valence-electron chi connectivity index (χ0n) is 22.3. The van der Waals surface area contributed by atoms with E-state index in [-0.39, 0.29) is 11.8 Å². The summed E-state index contributed by atoms with van der Waals surface area (Å²) >= 11 is 0. The minimum absolute atomic E-state index is 0.0415. The van der Waals surface area contributed by atoms with Crippen LogP contribution in [0.3, 0.4) is 0 Å². The van der Waals surface area contributed by atoms with Crippen LogP contribution in [0.15, 0.2) is 54.7 Å². The zero-order chi connectivity index (χ0) is 27.5. The van der Waals surface area contributed by atoms with Crippen molar-refractivity contribution < 1.29 is 19.5 Å². The van der Waals surface area contributed by atoms with Crippen LogP contribution in [0.2, 0.25) is 0 Å². The van der Waals surface area contributed by atoms with Crippen molar-refractivity contribution in [3.63, 3.8) is 0 Å². The lowest BCUT2D eigenvalue weighted by atomic mass is 10.1. The Hall–Kier alpha value is -4.02. The van der Waals surface area contributed by atoms with E-state index in [1.165, 1.54) is 5.69 Å². The number of hydroxylamine groups is 1. The van der Waals surface area contributed by atoms with Gasteiger partial charge < -0.3 is 20.3 Å². The standard InChI is InChI=1S/C29H36N6O4/c1-21-20-30-29(32-24-12-14-25(15-13-24)35-16-18-39-19-17-35)33-28(21)22-8-10-23(11-9-22)31-26(36)6-4-2-3-5-7-27(37)34-38/h8-15,20,38H,2-7,16-19H2,1H3,(H,31,36)(H,34,37)(H,30,32,33). The quantitative estimate of drug-likeness (QED) is 0.149. The third kappa shape index (κ3) is 8.49. The first-order valence-corrected chi connectivity index (χ1v) is 13.4. The number of nitrogens with one attached hydrogen (secondary N) is 3. The van der Waals surface area contributed by atoms with E-state index in [0.29, 0.717) is 25.2 Å². The second-order valence-corrected chi connectivity index (χ2v) is 9.57. The van der Waals surface area contributed by atoms with Crippen LogP contribution in [0.25, 0.3) is 11.3 Å². The smallest absolute Gasteiger partial charge is 0.243 e. The molecule has 0 bridgehead atoms. The van der Waals surface area contributed by atoms with Gasteiger partial charge in [0.25, 0.3) is 0 Å². The Balaban J connectivity index is 1.29. The van der Waals surface area contributed by atoms with Crippen molar-refractivity contribution >= 4 is 34.8 Å². The Morgan fingerprint density at radius 2 is 1.54 bits per heavy atom. The lowest BCUT2D eigenvalue weighted by Crippen LogP contribution is -2.36. The number of aromatic nitrogens is 2. The molecule has 3 aromatic rings. The minimum Gasteiger partial charge on any atom is -0.378 e. The monoisotopic (exact) mass is 532 g/mol. The molecule has 39 heavy (non-hydrogen) atoms. The summed E-state index contributed by atoms with van der Waals surface area (Å²) < 4.78 is 5.43. The van der Waals surface area contributed by atoms with E-state index >= 15 is 0 Å². The fourth-order valence-corrected chi connectivity index (χ4v) is 4.42. The van der Waals surface area contributed by atoms with E-state index in [4.69, 9.17) is 14.9 Å². The molecule has 4 N–H and O–H groups in total. The van der Waals surface area contributed by atoms with Crippen molar-refractivity contribution in [2.75, 3.05) is 41.8 Å². The molecule has 0 radical (unpaired) electrons. The molecule has 206 valence electrons. The van der Waals surface area contributed by atoms with E-state index in [1.807, 2.05) is 43.3 Å². The number of amides is 2. The maximum atomic E-state index is 12.3. The molecular formula is C29H36N6O4. The van der Waals surface area contributed by atoms with Crippen LogP contribution < -0.4 is 21.0 Å². The van der Waals surface area contributed by atoms with Crippen LogP contribution >= 0.6 is 0 Å². The van der Waals surface area contributed by atoms with Gasteiger partial charge in [0, 0.05) is 54.8 Å². The van der Waals surface area contributed by atoms with Gasteiger partial charge in [-0.05, 0) is 61.7 Å². The number of carbonyl (C=O) groups excluding carboxylic acids is 2. The lowest BCUT2D eigenvalue weighted by Gasteiger charge is -2.28. The molecule has 1 aliphatic rings. The summed E-state index contributed by atoms with van der Waals surface area (Å²) in [6.45, 7) is 5.28. The molecule has 1 fully saturated rings. The summed E-state index contributed by atoms with van der Waals surface area (Å²) in [6.07, 6.45) is 5.64. The molecule has 4 rings (SSSR count). The highest BCUT2D eigenvalue weighted by molar-refractivity contribution is 5.91. The Bertz CT molecular complexity index is 1230. The number of nitrogens with zero attached hydrogens (tertiary/aromatic N) is 3. The molecule has 1 aliphatic heterocycles. The van der Waals surface area contributed by atoms with E-state index in [1.54, 1.807) is 11.7 Å². The minimum atomic E-state index is -0.379. The van der Waals surface area contributed by atoms with Crippen LogP contribution in [0.4, 0.5) is 23.0 Å². The van der Waals surface area contributed by atoms with Gasteiger partial charge in [-0.3, -0.25) is 14.8 Å². The number of morpholine rings is 1. The number of rotatable bonds is 12. The summed E-state index contributed by atoms with van der Waals surface area (Å²) in [6, 6.07) is 15.9. The van der Waals surface area contributed by atoms with E-state index in [0.717, 1.165) is 73.8 Å². The van der Waals surface area contributed by atoms with E-state index in [2.05, 4.69) is 32.7 Å².